The van der Waals surface area contributed by atoms with Gasteiger partial charge in [0.25, 0.3) is 0 Å². The van der Waals surface area contributed by atoms with Gasteiger partial charge in [-0.2, -0.15) is 0 Å². The van der Waals surface area contributed by atoms with Crippen molar-refractivity contribution in [2.45, 2.75) is 30.7 Å². The van der Waals surface area contributed by atoms with E-state index in [0.717, 1.165) is 18.9 Å². The molecule has 0 atom stereocenters. The number of carboxylic acids is 1. The number of sulfonamides is 1. The normalized spacial score (nSPS) is 14.7. The summed E-state index contributed by atoms with van der Waals surface area (Å²) in [5.74, 6) is -1.59. The Balaban J connectivity index is 2.09. The topological polar surface area (TPSA) is 113 Å². The van der Waals surface area contributed by atoms with Crippen LogP contribution in [-0.2, 0) is 14.8 Å². The van der Waals surface area contributed by atoms with Crippen LogP contribution in [-0.4, -0.2) is 38.0 Å². The van der Waals surface area contributed by atoms with Crippen LogP contribution in [0, 0.1) is 6.92 Å². The molecule has 1 fully saturated rings. The van der Waals surface area contributed by atoms with E-state index in [-0.39, 0.29) is 23.0 Å². The molecule has 0 unspecified atom stereocenters. The van der Waals surface area contributed by atoms with Crippen molar-refractivity contribution in [2.24, 2.45) is 0 Å². The zero-order valence-corrected chi connectivity index (χ0v) is 12.2. The molecule has 1 aliphatic carbocycles. The van der Waals surface area contributed by atoms with Gasteiger partial charge in [-0.3, -0.25) is 4.79 Å². The zero-order chi connectivity index (χ0) is 15.6. The highest BCUT2D eigenvalue weighted by Gasteiger charge is 2.24. The number of aryl methyl sites for hydroxylation is 1. The summed E-state index contributed by atoms with van der Waals surface area (Å²) in [6, 6.07) is 3.96. The second-order valence-corrected chi connectivity index (χ2v) is 6.72. The second kappa shape index (κ2) is 5.82. The van der Waals surface area contributed by atoms with Crippen molar-refractivity contribution in [3.05, 3.63) is 29.3 Å². The average molecular weight is 312 g/mol. The van der Waals surface area contributed by atoms with Crippen LogP contribution in [0.4, 0.5) is 0 Å². The Hall–Kier alpha value is -1.93. The smallest absolute Gasteiger partial charge is 0.335 e. The first-order valence-corrected chi connectivity index (χ1v) is 7.91. The molecule has 0 saturated heterocycles. The van der Waals surface area contributed by atoms with Crippen LogP contribution in [0.15, 0.2) is 23.1 Å². The summed E-state index contributed by atoms with van der Waals surface area (Å²) in [5, 5.41) is 11.7. The van der Waals surface area contributed by atoms with E-state index in [4.69, 9.17) is 5.11 Å². The summed E-state index contributed by atoms with van der Waals surface area (Å²) in [4.78, 5) is 22.3. The summed E-state index contributed by atoms with van der Waals surface area (Å²) in [5.41, 5.74) is 0.383. The van der Waals surface area contributed by atoms with Crippen molar-refractivity contribution in [3.63, 3.8) is 0 Å². The first-order valence-electron chi connectivity index (χ1n) is 6.42. The molecule has 21 heavy (non-hydrogen) atoms. The standard InChI is InChI=1S/C13H16N2O5S/c1-8-2-5-10(6-11(8)13(17)18)21(19,20)14-7-12(16)15-9-3-4-9/h2,5-6,9,14H,3-4,7H2,1H3,(H,15,16)(H,17,18). The number of benzene rings is 1. The van der Waals surface area contributed by atoms with E-state index in [2.05, 4.69) is 10.0 Å². The average Bonchev–Trinajstić information content (AvgIpc) is 3.20. The molecule has 0 aliphatic heterocycles. The summed E-state index contributed by atoms with van der Waals surface area (Å²) < 4.78 is 26.2. The summed E-state index contributed by atoms with van der Waals surface area (Å²) >= 11 is 0. The Kier molecular flexibility index (Phi) is 4.29. The van der Waals surface area contributed by atoms with E-state index in [0.29, 0.717) is 5.56 Å². The van der Waals surface area contributed by atoms with Gasteiger partial charge in [-0.05, 0) is 37.5 Å². The first kappa shape index (κ1) is 15.5. The van der Waals surface area contributed by atoms with Gasteiger partial charge in [0.05, 0.1) is 17.0 Å². The van der Waals surface area contributed by atoms with Gasteiger partial charge < -0.3 is 10.4 Å². The van der Waals surface area contributed by atoms with Crippen molar-refractivity contribution >= 4 is 21.9 Å². The van der Waals surface area contributed by atoms with Gasteiger partial charge in [-0.1, -0.05) is 6.07 Å². The molecule has 0 radical (unpaired) electrons. The maximum atomic E-state index is 12.0. The highest BCUT2D eigenvalue weighted by atomic mass is 32.2. The lowest BCUT2D eigenvalue weighted by Gasteiger charge is -2.09. The number of amides is 1. The number of nitrogens with one attached hydrogen (secondary N) is 2. The highest BCUT2D eigenvalue weighted by Crippen LogP contribution is 2.18. The van der Waals surface area contributed by atoms with E-state index in [1.165, 1.54) is 12.1 Å². The van der Waals surface area contributed by atoms with Crippen LogP contribution in [0.3, 0.4) is 0 Å². The quantitative estimate of drug-likeness (QED) is 0.697. The molecule has 2 rings (SSSR count). The predicted molar refractivity (Wildman–Crippen MR) is 74.5 cm³/mol. The lowest BCUT2D eigenvalue weighted by Crippen LogP contribution is -2.37. The van der Waals surface area contributed by atoms with Crippen molar-refractivity contribution in [1.82, 2.24) is 10.0 Å². The molecule has 7 nitrogen and oxygen atoms in total. The van der Waals surface area contributed by atoms with Gasteiger partial charge in [0.2, 0.25) is 15.9 Å². The van der Waals surface area contributed by atoms with Gasteiger partial charge in [0.15, 0.2) is 0 Å². The molecule has 0 heterocycles. The molecule has 8 heteroatoms. The van der Waals surface area contributed by atoms with Crippen LogP contribution in [0.25, 0.3) is 0 Å². The lowest BCUT2D eigenvalue weighted by atomic mass is 10.1. The van der Waals surface area contributed by atoms with E-state index in [9.17, 15) is 18.0 Å². The van der Waals surface area contributed by atoms with E-state index in [1.807, 2.05) is 0 Å². The summed E-state index contributed by atoms with van der Waals surface area (Å²) in [7, 11) is -3.92. The molecule has 114 valence electrons. The number of aromatic carboxylic acids is 1. The van der Waals surface area contributed by atoms with Gasteiger partial charge in [0, 0.05) is 6.04 Å². The predicted octanol–water partition coefficient (Wildman–Crippen LogP) is 0.250. The molecule has 1 amide bonds. The molecule has 0 bridgehead atoms. The third kappa shape index (κ3) is 4.02. The Labute approximate surface area is 122 Å². The second-order valence-electron chi connectivity index (χ2n) is 4.95. The van der Waals surface area contributed by atoms with Crippen molar-refractivity contribution < 1.29 is 23.1 Å². The van der Waals surface area contributed by atoms with Crippen molar-refractivity contribution in [2.75, 3.05) is 6.54 Å². The van der Waals surface area contributed by atoms with E-state index >= 15 is 0 Å². The number of carboxylic acid groups (broad SMARTS) is 1. The minimum atomic E-state index is -3.92. The van der Waals surface area contributed by atoms with E-state index < -0.39 is 21.9 Å². The van der Waals surface area contributed by atoms with Crippen LogP contribution in [0.5, 0.6) is 0 Å². The Bertz CT molecular complexity index is 680. The largest absolute Gasteiger partial charge is 0.478 e. The van der Waals surface area contributed by atoms with Gasteiger partial charge in [-0.25, -0.2) is 17.9 Å². The fourth-order valence-corrected chi connectivity index (χ4v) is 2.76. The maximum Gasteiger partial charge on any atom is 0.335 e. The van der Waals surface area contributed by atoms with Crippen LogP contribution >= 0.6 is 0 Å². The van der Waals surface area contributed by atoms with Gasteiger partial charge >= 0.3 is 5.97 Å². The maximum absolute atomic E-state index is 12.0. The fraction of sp³-hybridized carbons (Fsp3) is 0.385. The zero-order valence-electron chi connectivity index (χ0n) is 11.4. The van der Waals surface area contributed by atoms with Gasteiger partial charge in [-0.15, -0.1) is 0 Å². The lowest BCUT2D eigenvalue weighted by molar-refractivity contribution is -0.120. The van der Waals surface area contributed by atoms with E-state index in [1.54, 1.807) is 6.92 Å². The molecule has 1 aromatic rings. The molecule has 1 saturated carbocycles. The molecular formula is C13H16N2O5S. The fourth-order valence-electron chi connectivity index (χ4n) is 1.75. The summed E-state index contributed by atoms with van der Waals surface area (Å²) in [6.07, 6.45) is 1.83. The number of hydrogen-bond donors (Lipinski definition) is 3. The van der Waals surface area contributed by atoms with Crippen molar-refractivity contribution in [1.29, 1.82) is 0 Å². The first-order chi connectivity index (χ1) is 9.79. The highest BCUT2D eigenvalue weighted by molar-refractivity contribution is 7.89. The molecule has 1 aromatic carbocycles. The molecule has 1 aliphatic rings. The molecule has 0 spiro atoms. The minimum Gasteiger partial charge on any atom is -0.478 e. The van der Waals surface area contributed by atoms with Crippen LogP contribution < -0.4 is 10.0 Å². The van der Waals surface area contributed by atoms with Crippen molar-refractivity contribution in [3.8, 4) is 0 Å². The third-order valence-corrected chi connectivity index (χ3v) is 4.51. The Morgan fingerprint density at radius 2 is 2.00 bits per heavy atom. The van der Waals surface area contributed by atoms with Crippen LogP contribution in [0.1, 0.15) is 28.8 Å². The summed E-state index contributed by atoms with van der Waals surface area (Å²) in [6.45, 7) is 1.21. The monoisotopic (exact) mass is 312 g/mol. The van der Waals surface area contributed by atoms with Gasteiger partial charge in [0.1, 0.15) is 0 Å². The third-order valence-electron chi connectivity index (χ3n) is 3.11. The van der Waals surface area contributed by atoms with Crippen LogP contribution in [0.2, 0.25) is 0 Å². The number of carbonyl (C=O) groups is 2. The molecular weight excluding hydrogens is 296 g/mol. The Morgan fingerprint density at radius 1 is 1.33 bits per heavy atom. The Morgan fingerprint density at radius 3 is 2.57 bits per heavy atom. The molecule has 0 aromatic heterocycles. The SMILES string of the molecule is Cc1ccc(S(=O)(=O)NCC(=O)NC2CC2)cc1C(=O)O. The number of hydrogen-bond acceptors (Lipinski definition) is 4. The molecule has 3 N–H and O–H groups in total. The number of rotatable bonds is 6. The number of carbonyl (C=O) groups excluding carboxylic acids is 1. The minimum absolute atomic E-state index is 0.0830.